The minimum absolute atomic E-state index is 0.176. The van der Waals surface area contributed by atoms with E-state index in [1.807, 2.05) is 12.1 Å². The number of aromatic nitrogens is 1. The number of nitrogens with zero attached hydrogens (tertiary/aromatic N) is 1. The molecular weight excluding hydrogens is 216 g/mol. The van der Waals surface area contributed by atoms with Crippen molar-refractivity contribution in [1.29, 1.82) is 0 Å². The number of ether oxygens (including phenoxy) is 1. The van der Waals surface area contributed by atoms with Crippen molar-refractivity contribution in [1.82, 2.24) is 10.3 Å². The number of pyridine rings is 1. The van der Waals surface area contributed by atoms with E-state index in [-0.39, 0.29) is 5.91 Å². The summed E-state index contributed by atoms with van der Waals surface area (Å²) in [5, 5.41) is 2.69. The number of fused-ring (bicyclic) bond motifs is 1. The number of carbonyl (C=O) groups excluding carboxylic acids is 1. The molecule has 4 nitrogen and oxygen atoms in total. The second-order valence-electron chi connectivity index (χ2n) is 4.19. The van der Waals surface area contributed by atoms with Gasteiger partial charge in [0.1, 0.15) is 0 Å². The van der Waals surface area contributed by atoms with Crippen LogP contribution < -0.4 is 5.32 Å². The molecule has 0 saturated carbocycles. The van der Waals surface area contributed by atoms with Gasteiger partial charge in [0, 0.05) is 23.9 Å². The van der Waals surface area contributed by atoms with Crippen LogP contribution in [0.5, 0.6) is 0 Å². The summed E-state index contributed by atoms with van der Waals surface area (Å²) >= 11 is 0. The summed E-state index contributed by atoms with van der Waals surface area (Å²) in [4.78, 5) is 16.1. The highest BCUT2D eigenvalue weighted by atomic mass is 16.5. The van der Waals surface area contributed by atoms with Crippen LogP contribution in [0.15, 0.2) is 30.6 Å². The van der Waals surface area contributed by atoms with Gasteiger partial charge in [-0.2, -0.15) is 0 Å². The summed E-state index contributed by atoms with van der Waals surface area (Å²) in [6.45, 7) is 4.02. The van der Waals surface area contributed by atoms with Crippen molar-refractivity contribution in [2.24, 2.45) is 0 Å². The second-order valence-corrected chi connectivity index (χ2v) is 4.19. The quantitative estimate of drug-likeness (QED) is 0.789. The fourth-order valence-corrected chi connectivity index (χ4v) is 2.07. The molecule has 1 N–H and O–H groups in total. The normalized spacial score (nSPS) is 22.5. The number of nitrogens with one attached hydrogen (secondary N) is 1. The zero-order valence-electron chi connectivity index (χ0n) is 9.27. The third-order valence-corrected chi connectivity index (χ3v) is 2.90. The van der Waals surface area contributed by atoms with E-state index in [2.05, 4.69) is 23.0 Å². The van der Waals surface area contributed by atoms with E-state index >= 15 is 0 Å². The molecule has 1 aliphatic heterocycles. The molecule has 1 aliphatic carbocycles. The van der Waals surface area contributed by atoms with E-state index in [4.69, 9.17) is 4.74 Å². The molecule has 1 fully saturated rings. The van der Waals surface area contributed by atoms with Crippen molar-refractivity contribution in [3.8, 4) is 0 Å². The molecular formula is C13H12N2O2. The first kappa shape index (κ1) is 10.2. The van der Waals surface area contributed by atoms with E-state index in [0.717, 1.165) is 23.2 Å². The molecule has 0 radical (unpaired) electrons. The van der Waals surface area contributed by atoms with Gasteiger partial charge in [0.25, 0.3) is 5.91 Å². The molecule has 2 aliphatic rings. The van der Waals surface area contributed by atoms with E-state index in [1.165, 1.54) is 0 Å². The van der Waals surface area contributed by atoms with Crippen LogP contribution >= 0.6 is 0 Å². The van der Waals surface area contributed by atoms with E-state index in [0.29, 0.717) is 12.3 Å². The van der Waals surface area contributed by atoms with Crippen LogP contribution in [0.2, 0.25) is 0 Å². The average Bonchev–Trinajstić information content (AvgIpc) is 2.75. The van der Waals surface area contributed by atoms with Gasteiger partial charge in [-0.05, 0) is 11.6 Å². The lowest BCUT2D eigenvalue weighted by molar-refractivity contribution is -0.135. The molecule has 0 bridgehead atoms. The summed E-state index contributed by atoms with van der Waals surface area (Å²) in [5.41, 5.74) is 3.51. The van der Waals surface area contributed by atoms with Crippen LogP contribution in [-0.2, 0) is 16.0 Å². The van der Waals surface area contributed by atoms with Crippen molar-refractivity contribution in [3.63, 3.8) is 0 Å². The van der Waals surface area contributed by atoms with E-state index in [1.54, 1.807) is 6.20 Å². The minimum Gasteiger partial charge on any atom is -0.357 e. The molecule has 17 heavy (non-hydrogen) atoms. The highest BCUT2D eigenvalue weighted by molar-refractivity contribution is 5.84. The van der Waals surface area contributed by atoms with E-state index < -0.39 is 6.10 Å². The fourth-order valence-electron chi connectivity index (χ4n) is 2.07. The molecule has 0 spiro atoms. The Balaban J connectivity index is 1.91. The number of amides is 1. The molecule has 1 atom stereocenters. The van der Waals surface area contributed by atoms with Gasteiger partial charge in [-0.25, -0.2) is 0 Å². The highest BCUT2D eigenvalue weighted by Crippen LogP contribution is 2.25. The number of allylic oxidation sites excluding steroid dienone is 1. The summed E-state index contributed by atoms with van der Waals surface area (Å²) in [6.07, 6.45) is 6.08. The number of hydrogen-bond donors (Lipinski definition) is 1. The van der Waals surface area contributed by atoms with E-state index in [9.17, 15) is 4.79 Å². The second kappa shape index (κ2) is 3.82. The van der Waals surface area contributed by atoms with Gasteiger partial charge in [-0.1, -0.05) is 18.7 Å². The lowest BCUT2D eigenvalue weighted by Gasteiger charge is -2.24. The smallest absolute Gasteiger partial charge is 0.258 e. The van der Waals surface area contributed by atoms with Gasteiger partial charge < -0.3 is 10.1 Å². The fraction of sp³-hybridized carbons (Fsp3) is 0.231. The monoisotopic (exact) mass is 228 g/mol. The molecule has 86 valence electrons. The third kappa shape index (κ3) is 1.76. The van der Waals surface area contributed by atoms with Gasteiger partial charge in [0.15, 0.2) is 6.10 Å². The average molecular weight is 228 g/mol. The lowest BCUT2D eigenvalue weighted by Crippen LogP contribution is -2.37. The Morgan fingerprint density at radius 3 is 3.24 bits per heavy atom. The molecule has 3 rings (SSSR count). The molecule has 1 unspecified atom stereocenters. The molecule has 4 heteroatoms. The summed E-state index contributed by atoms with van der Waals surface area (Å²) in [7, 11) is 0. The predicted molar refractivity (Wildman–Crippen MR) is 63.0 cm³/mol. The third-order valence-electron chi connectivity index (χ3n) is 2.90. The maximum Gasteiger partial charge on any atom is 0.258 e. The first-order valence-corrected chi connectivity index (χ1v) is 5.49. The maximum absolute atomic E-state index is 11.8. The van der Waals surface area contributed by atoms with Gasteiger partial charge in [0.05, 0.1) is 12.3 Å². The summed E-state index contributed by atoms with van der Waals surface area (Å²) < 4.78 is 5.47. The minimum atomic E-state index is -0.577. The van der Waals surface area contributed by atoms with Gasteiger partial charge in [-0.3, -0.25) is 9.78 Å². The SMILES string of the molecule is C=C1COC(c2cnc3c(c2)C=CC3)C(=O)N1. The zero-order valence-corrected chi connectivity index (χ0v) is 9.27. The Hall–Kier alpha value is -1.94. The Kier molecular flexibility index (Phi) is 2.30. The molecule has 1 saturated heterocycles. The van der Waals surface area contributed by atoms with Crippen molar-refractivity contribution in [3.05, 3.63) is 47.4 Å². The van der Waals surface area contributed by atoms with Crippen LogP contribution in [0, 0.1) is 0 Å². The van der Waals surface area contributed by atoms with Crippen LogP contribution in [0.25, 0.3) is 6.08 Å². The van der Waals surface area contributed by atoms with Gasteiger partial charge in [0.2, 0.25) is 0 Å². The van der Waals surface area contributed by atoms with Gasteiger partial charge >= 0.3 is 0 Å². The summed E-state index contributed by atoms with van der Waals surface area (Å²) in [6, 6.07) is 1.96. The molecule has 1 aromatic heterocycles. The summed E-state index contributed by atoms with van der Waals surface area (Å²) in [5.74, 6) is -0.176. The number of carbonyl (C=O) groups is 1. The van der Waals surface area contributed by atoms with Crippen LogP contribution in [-0.4, -0.2) is 17.5 Å². The predicted octanol–water partition coefficient (Wildman–Crippen LogP) is 1.35. The Bertz CT molecular complexity index is 534. The Morgan fingerprint density at radius 2 is 2.41 bits per heavy atom. The highest BCUT2D eigenvalue weighted by Gasteiger charge is 2.27. The molecule has 1 amide bonds. The number of hydrogen-bond acceptors (Lipinski definition) is 3. The van der Waals surface area contributed by atoms with Crippen LogP contribution in [0.4, 0.5) is 0 Å². The Labute approximate surface area is 99.0 Å². The molecule has 1 aromatic rings. The van der Waals surface area contributed by atoms with Crippen molar-refractivity contribution in [2.75, 3.05) is 6.61 Å². The van der Waals surface area contributed by atoms with Crippen LogP contribution in [0.3, 0.4) is 0 Å². The maximum atomic E-state index is 11.8. The number of morpholine rings is 1. The van der Waals surface area contributed by atoms with Crippen molar-refractivity contribution in [2.45, 2.75) is 12.5 Å². The first-order valence-electron chi connectivity index (χ1n) is 5.49. The Morgan fingerprint density at radius 1 is 1.53 bits per heavy atom. The lowest BCUT2D eigenvalue weighted by atomic mass is 10.1. The molecule has 2 heterocycles. The topological polar surface area (TPSA) is 51.2 Å². The van der Waals surface area contributed by atoms with Crippen molar-refractivity contribution < 1.29 is 9.53 Å². The van der Waals surface area contributed by atoms with Crippen molar-refractivity contribution >= 4 is 12.0 Å². The molecule has 0 aromatic carbocycles. The largest absolute Gasteiger partial charge is 0.357 e. The van der Waals surface area contributed by atoms with Gasteiger partial charge in [-0.15, -0.1) is 0 Å². The first-order chi connectivity index (χ1) is 8.24. The zero-order chi connectivity index (χ0) is 11.8. The standard InChI is InChI=1S/C13H12N2O2/c1-8-7-17-12(13(16)15-8)10-5-9-3-2-4-11(9)14-6-10/h2-3,5-6,12H,1,4,7H2,(H,15,16). The number of rotatable bonds is 1. The van der Waals surface area contributed by atoms with Crippen LogP contribution in [0.1, 0.15) is 22.9 Å².